The molecule has 1 N–H and O–H groups in total. The predicted molar refractivity (Wildman–Crippen MR) is 81.6 cm³/mol. The van der Waals surface area contributed by atoms with Crippen molar-refractivity contribution in [1.29, 1.82) is 0 Å². The summed E-state index contributed by atoms with van der Waals surface area (Å²) in [4.78, 5) is 2.33. The molecule has 18 heavy (non-hydrogen) atoms. The zero-order chi connectivity index (χ0) is 14.0. The first-order chi connectivity index (χ1) is 8.21. The van der Waals surface area contributed by atoms with Gasteiger partial charge in [-0.15, -0.1) is 11.3 Å². The fraction of sp³-hybridized carbons (Fsp3) is 0.714. The monoisotopic (exact) mass is 286 g/mol. The standard InChI is InChI=1S/C14H26O2SSi/c1-7-11-8-12(17-13(11)9-15)10-16-18(5,6)14(2,3)4/h8,15H,7,9-10H2,1-6H3. The van der Waals surface area contributed by atoms with Crippen molar-refractivity contribution in [3.05, 3.63) is 21.4 Å². The smallest absolute Gasteiger partial charge is 0.192 e. The summed E-state index contributed by atoms with van der Waals surface area (Å²) in [5.41, 5.74) is 1.26. The Balaban J connectivity index is 2.72. The molecule has 104 valence electrons. The van der Waals surface area contributed by atoms with E-state index < -0.39 is 8.32 Å². The van der Waals surface area contributed by atoms with Gasteiger partial charge in [0.1, 0.15) is 0 Å². The molecule has 0 saturated carbocycles. The molecule has 0 atom stereocenters. The Hall–Kier alpha value is -0.163. The Bertz CT molecular complexity index is 369. The average Bonchev–Trinajstić information content (AvgIpc) is 2.67. The molecule has 0 unspecified atom stereocenters. The molecule has 0 fully saturated rings. The van der Waals surface area contributed by atoms with E-state index in [9.17, 15) is 5.11 Å². The van der Waals surface area contributed by atoms with Crippen molar-refractivity contribution in [1.82, 2.24) is 0 Å². The van der Waals surface area contributed by atoms with Crippen LogP contribution in [0.25, 0.3) is 0 Å². The summed E-state index contributed by atoms with van der Waals surface area (Å²) in [5, 5.41) is 9.55. The van der Waals surface area contributed by atoms with Crippen molar-refractivity contribution in [3.8, 4) is 0 Å². The number of rotatable bonds is 5. The first-order valence-electron chi connectivity index (χ1n) is 6.56. The quantitative estimate of drug-likeness (QED) is 0.817. The number of hydrogen-bond acceptors (Lipinski definition) is 3. The van der Waals surface area contributed by atoms with Crippen molar-refractivity contribution in [2.45, 2.75) is 65.5 Å². The van der Waals surface area contributed by atoms with Crippen molar-refractivity contribution in [2.75, 3.05) is 0 Å². The van der Waals surface area contributed by atoms with E-state index in [2.05, 4.69) is 46.9 Å². The Morgan fingerprint density at radius 2 is 1.94 bits per heavy atom. The highest BCUT2D eigenvalue weighted by molar-refractivity contribution is 7.12. The Morgan fingerprint density at radius 3 is 2.33 bits per heavy atom. The maximum Gasteiger partial charge on any atom is 0.192 e. The van der Waals surface area contributed by atoms with E-state index in [0.29, 0.717) is 6.61 Å². The molecule has 1 rings (SSSR count). The van der Waals surface area contributed by atoms with Crippen LogP contribution in [0.4, 0.5) is 0 Å². The van der Waals surface area contributed by atoms with Crippen LogP contribution in [0.15, 0.2) is 6.07 Å². The average molecular weight is 287 g/mol. The van der Waals surface area contributed by atoms with Crippen LogP contribution in [0.3, 0.4) is 0 Å². The van der Waals surface area contributed by atoms with Gasteiger partial charge < -0.3 is 9.53 Å². The minimum absolute atomic E-state index is 0.147. The summed E-state index contributed by atoms with van der Waals surface area (Å²) < 4.78 is 6.20. The van der Waals surface area contributed by atoms with E-state index in [1.54, 1.807) is 11.3 Å². The van der Waals surface area contributed by atoms with Crippen LogP contribution in [0.5, 0.6) is 0 Å². The highest BCUT2D eigenvalue weighted by Gasteiger charge is 2.37. The third kappa shape index (κ3) is 3.67. The predicted octanol–water partition coefficient (Wildman–Crippen LogP) is 4.32. The highest BCUT2D eigenvalue weighted by Crippen LogP contribution is 2.37. The lowest BCUT2D eigenvalue weighted by atomic mass is 10.2. The summed E-state index contributed by atoms with van der Waals surface area (Å²) in [5.74, 6) is 0. The molecule has 0 aliphatic heterocycles. The van der Waals surface area contributed by atoms with E-state index in [-0.39, 0.29) is 11.6 Å². The van der Waals surface area contributed by atoms with E-state index in [1.165, 1.54) is 10.4 Å². The van der Waals surface area contributed by atoms with Crippen LogP contribution in [0.2, 0.25) is 18.1 Å². The molecule has 1 aromatic heterocycles. The van der Waals surface area contributed by atoms with Gasteiger partial charge in [-0.25, -0.2) is 0 Å². The third-order valence-electron chi connectivity index (χ3n) is 3.85. The Morgan fingerprint density at radius 1 is 1.33 bits per heavy atom. The minimum atomic E-state index is -1.67. The van der Waals surface area contributed by atoms with Gasteiger partial charge in [0.05, 0.1) is 13.2 Å². The number of aliphatic hydroxyl groups is 1. The second-order valence-corrected chi connectivity index (χ2v) is 12.3. The molecule has 0 spiro atoms. The zero-order valence-electron chi connectivity index (χ0n) is 12.5. The number of aryl methyl sites for hydroxylation is 1. The molecule has 0 aliphatic rings. The second-order valence-electron chi connectivity index (χ2n) is 6.22. The van der Waals surface area contributed by atoms with Crippen LogP contribution in [-0.4, -0.2) is 13.4 Å². The van der Waals surface area contributed by atoms with Gasteiger partial charge in [-0.2, -0.15) is 0 Å². The molecule has 0 aliphatic carbocycles. The summed E-state index contributed by atoms with van der Waals surface area (Å²) >= 11 is 1.68. The topological polar surface area (TPSA) is 29.5 Å². The molecular formula is C14H26O2SSi. The lowest BCUT2D eigenvalue weighted by Crippen LogP contribution is -2.40. The van der Waals surface area contributed by atoms with Crippen molar-refractivity contribution < 1.29 is 9.53 Å². The fourth-order valence-corrected chi connectivity index (χ4v) is 3.59. The fourth-order valence-electron chi connectivity index (χ4n) is 1.50. The number of aliphatic hydroxyl groups excluding tert-OH is 1. The van der Waals surface area contributed by atoms with Gasteiger partial charge in [0.2, 0.25) is 0 Å². The van der Waals surface area contributed by atoms with Crippen LogP contribution in [-0.2, 0) is 24.1 Å². The molecular weight excluding hydrogens is 260 g/mol. The van der Waals surface area contributed by atoms with Crippen molar-refractivity contribution in [2.24, 2.45) is 0 Å². The summed E-state index contributed by atoms with van der Waals surface area (Å²) in [6.45, 7) is 14.3. The molecule has 0 radical (unpaired) electrons. The van der Waals surface area contributed by atoms with Crippen LogP contribution < -0.4 is 0 Å². The summed E-state index contributed by atoms with van der Waals surface area (Å²) in [6.07, 6.45) is 0.979. The van der Waals surface area contributed by atoms with Gasteiger partial charge in [-0.05, 0) is 36.2 Å². The lowest BCUT2D eigenvalue weighted by Gasteiger charge is -2.36. The SMILES string of the molecule is CCc1cc(CO[Si](C)(C)C(C)(C)C)sc1CO. The van der Waals surface area contributed by atoms with Gasteiger partial charge in [0.15, 0.2) is 8.32 Å². The highest BCUT2D eigenvalue weighted by atomic mass is 32.1. The normalized spacial score (nSPS) is 13.1. The van der Waals surface area contributed by atoms with E-state index in [0.717, 1.165) is 11.3 Å². The first-order valence-corrected chi connectivity index (χ1v) is 10.3. The molecule has 4 heteroatoms. The molecule has 1 heterocycles. The minimum Gasteiger partial charge on any atom is -0.412 e. The molecule has 0 bridgehead atoms. The molecule has 2 nitrogen and oxygen atoms in total. The van der Waals surface area contributed by atoms with E-state index in [1.807, 2.05) is 0 Å². The van der Waals surface area contributed by atoms with Gasteiger partial charge in [-0.1, -0.05) is 27.7 Å². The third-order valence-corrected chi connectivity index (χ3v) is 9.47. The molecule has 0 saturated heterocycles. The van der Waals surface area contributed by atoms with E-state index >= 15 is 0 Å². The van der Waals surface area contributed by atoms with Gasteiger partial charge in [0.25, 0.3) is 0 Å². The maximum atomic E-state index is 9.30. The van der Waals surface area contributed by atoms with Crippen molar-refractivity contribution in [3.63, 3.8) is 0 Å². The van der Waals surface area contributed by atoms with Gasteiger partial charge in [0, 0.05) is 9.75 Å². The summed E-state index contributed by atoms with van der Waals surface area (Å²) in [7, 11) is -1.67. The van der Waals surface area contributed by atoms with Gasteiger partial charge >= 0.3 is 0 Å². The first kappa shape index (κ1) is 15.9. The Labute approximate surface area is 116 Å². The molecule has 0 amide bonds. The van der Waals surface area contributed by atoms with Crippen molar-refractivity contribution >= 4 is 19.7 Å². The Kier molecular flexibility index (Phi) is 5.18. The second kappa shape index (κ2) is 5.86. The maximum absolute atomic E-state index is 9.30. The molecule has 1 aromatic rings. The van der Waals surface area contributed by atoms with Crippen LogP contribution in [0, 0.1) is 0 Å². The van der Waals surface area contributed by atoms with E-state index in [4.69, 9.17) is 4.43 Å². The summed E-state index contributed by atoms with van der Waals surface area (Å²) in [6, 6.07) is 2.18. The lowest BCUT2D eigenvalue weighted by molar-refractivity contribution is 0.279. The number of hydrogen-bond donors (Lipinski definition) is 1. The van der Waals surface area contributed by atoms with Gasteiger partial charge in [-0.3, -0.25) is 0 Å². The molecule has 0 aromatic carbocycles. The van der Waals surface area contributed by atoms with Crippen LogP contribution >= 0.6 is 11.3 Å². The largest absolute Gasteiger partial charge is 0.412 e. The van der Waals surface area contributed by atoms with Crippen LogP contribution in [0.1, 0.15) is 43.0 Å². The number of thiophene rings is 1. The zero-order valence-corrected chi connectivity index (χ0v) is 14.3.